The van der Waals surface area contributed by atoms with Crippen molar-refractivity contribution in [3.05, 3.63) is 117 Å². The monoisotopic (exact) mass is 1530 g/mol. The lowest BCUT2D eigenvalue weighted by atomic mass is 9.82. The molecular weight excluding hydrogens is 1430 g/mol. The number of aromatic nitrogens is 11. The Balaban J connectivity index is 0.000000575. The molecule has 12 rings (SSSR count). The van der Waals surface area contributed by atoms with Crippen molar-refractivity contribution in [2.24, 2.45) is 34.4 Å². The van der Waals surface area contributed by atoms with Crippen LogP contribution >= 0.6 is 85.8 Å². The van der Waals surface area contributed by atoms with Gasteiger partial charge in [-0.15, -0.1) is 85.8 Å². The lowest BCUT2D eigenvalue weighted by Gasteiger charge is -2.25. The van der Waals surface area contributed by atoms with Crippen molar-refractivity contribution in [1.29, 1.82) is 0 Å². The number of thiazole rings is 1. The Morgan fingerprint density at radius 3 is 1.24 bits per heavy atom. The number of nitrogens with two attached hydrogens (primary N) is 6. The summed E-state index contributed by atoms with van der Waals surface area (Å²) in [5.41, 5.74) is 40.3. The van der Waals surface area contributed by atoms with E-state index >= 15 is 0 Å². The molecule has 0 atom stereocenters. The lowest BCUT2D eigenvalue weighted by Crippen LogP contribution is -2.26. The Morgan fingerprint density at radius 1 is 0.423 bits per heavy atom. The number of halogens is 16. The summed E-state index contributed by atoms with van der Waals surface area (Å²) < 4.78 is 126. The van der Waals surface area contributed by atoms with E-state index in [1.807, 2.05) is 12.3 Å². The summed E-state index contributed by atoms with van der Waals surface area (Å²) in [6.45, 7) is -4.18. The van der Waals surface area contributed by atoms with Gasteiger partial charge in [-0.1, -0.05) is 6.07 Å². The molecule has 6 saturated carbocycles. The molecular formula is C63H99Cl6F10N17S. The molecule has 6 aromatic heterocycles. The number of hydrogen-bond donors (Lipinski definition) is 6. The molecule has 554 valence electrons. The third-order valence-electron chi connectivity index (χ3n) is 18.6. The Hall–Kier alpha value is -3.78. The zero-order chi connectivity index (χ0) is 65.7. The fourth-order valence-electron chi connectivity index (χ4n) is 13.0. The van der Waals surface area contributed by atoms with Gasteiger partial charge in [-0.3, -0.25) is 4.98 Å². The van der Waals surface area contributed by atoms with Crippen LogP contribution < -0.4 is 34.4 Å². The van der Waals surface area contributed by atoms with Crippen LogP contribution in [-0.4, -0.2) is 90.5 Å². The topological polar surface area (TPSA) is 274 Å². The molecule has 0 spiro atoms. The van der Waals surface area contributed by atoms with Gasteiger partial charge in [0.05, 0.1) is 11.9 Å². The first-order chi connectivity index (χ1) is 43.5. The van der Waals surface area contributed by atoms with Gasteiger partial charge in [-0.25, -0.2) is 46.9 Å². The van der Waals surface area contributed by atoms with Crippen LogP contribution in [0.3, 0.4) is 0 Å². The predicted molar refractivity (Wildman–Crippen MR) is 375 cm³/mol. The highest BCUT2D eigenvalue weighted by molar-refractivity contribution is 7.11. The zero-order valence-corrected chi connectivity index (χ0v) is 60.3. The smallest absolute Gasteiger partial charge is 0.328 e. The molecule has 97 heavy (non-hydrogen) atoms. The molecule has 6 aliphatic carbocycles. The molecule has 6 heterocycles. The molecule has 0 aromatic carbocycles. The minimum absolute atomic E-state index is 0. The molecule has 12 N–H and O–H groups in total. The highest BCUT2D eigenvalue weighted by Crippen LogP contribution is 2.39. The van der Waals surface area contributed by atoms with E-state index in [1.165, 1.54) is 37.1 Å². The maximum absolute atomic E-state index is 12.6. The second kappa shape index (κ2) is 46.0. The third kappa shape index (κ3) is 28.9. The summed E-state index contributed by atoms with van der Waals surface area (Å²) in [6.07, 6.45) is 29.8. The number of aryl methyl sites for hydroxylation is 1. The molecule has 6 aromatic rings. The first-order valence-corrected chi connectivity index (χ1v) is 33.0. The van der Waals surface area contributed by atoms with Gasteiger partial charge in [0.25, 0.3) is 12.9 Å². The van der Waals surface area contributed by atoms with E-state index in [2.05, 4.69) is 52.3 Å². The average molecular weight is 1530 g/mol. The van der Waals surface area contributed by atoms with Gasteiger partial charge in [0.1, 0.15) is 6.33 Å². The fraction of sp³-hybridized carbons (Fsp3) is 0.683. The van der Waals surface area contributed by atoms with Crippen molar-refractivity contribution in [1.82, 2.24) is 54.3 Å². The summed E-state index contributed by atoms with van der Waals surface area (Å²) >= 11 is 1.15. The normalized spacial score (nSPS) is 25.2. The van der Waals surface area contributed by atoms with Gasteiger partial charge in [0.15, 0.2) is 16.7 Å². The Kier molecular flexibility index (Phi) is 43.2. The van der Waals surface area contributed by atoms with Crippen molar-refractivity contribution in [2.45, 2.75) is 272 Å². The van der Waals surface area contributed by atoms with Gasteiger partial charge < -0.3 is 34.4 Å². The lowest BCUT2D eigenvalue weighted by molar-refractivity contribution is 0.0541. The SMILES string of the molecule is Cc1c(C2CCC(N)CC2)cnn1C(F)F.Cc1nn(C(F)F)cc1C1CCC(N)CC1.Cl.Cl.Cl.Cl.Cl.Cl.NC1CCC(c2ccccn2)CC1.NC1CCC(c2cnc(C(F)F)nc2)CC1.NC1CCC(c2cnc(C(F)F)s2)CC1.NC1CCC(c2ncn(C(F)F)n2)CC1. The molecule has 34 heteroatoms. The van der Waals surface area contributed by atoms with Crippen molar-refractivity contribution in [3.8, 4) is 0 Å². The molecule has 17 nitrogen and oxygen atoms in total. The minimum atomic E-state index is -2.60. The second-order valence-electron chi connectivity index (χ2n) is 25.2. The number of rotatable bonds is 11. The van der Waals surface area contributed by atoms with Gasteiger partial charge in [0.2, 0.25) is 0 Å². The summed E-state index contributed by atoms with van der Waals surface area (Å²) in [6, 6.07) is 7.99. The first-order valence-electron chi connectivity index (χ1n) is 32.2. The van der Waals surface area contributed by atoms with E-state index in [4.69, 9.17) is 34.4 Å². The molecule has 0 radical (unpaired) electrons. The van der Waals surface area contributed by atoms with Crippen LogP contribution in [0.1, 0.15) is 277 Å². The standard InChI is InChI=1S/2C11H17F2N3.C11H15F2N3.C11H16N2.C10H14F2N2S.C9H14F2N4.6ClH/c1-7-10(6-16(15-7)11(12)13)8-2-4-9(14)5-3-8;1-7-10(6-15-16(7)11(12)13)8-2-4-9(14)5-3-8;12-10(13)11-15-5-8(6-16-11)7-1-3-9(14)4-2-7;12-10-6-4-9(5-7-10)11-3-1-2-8-13-11;11-9(12)10-14-5-8(15-10)6-1-3-7(13)4-2-6;10-9(11)15-5-13-8(14-15)6-1-3-7(12)4-2-6;;;;;;/h2*6,8-9,11H,2-5,14H2,1H3;5-7,9-10H,1-4,14H2;1-3,8-10H,4-7,12H2;5-7,9H,1-4,13H2;5-7,9H,1-4,12H2;6*1H. The van der Waals surface area contributed by atoms with Crippen LogP contribution in [0.4, 0.5) is 43.9 Å². The van der Waals surface area contributed by atoms with E-state index < -0.39 is 38.3 Å². The Morgan fingerprint density at radius 2 is 0.856 bits per heavy atom. The van der Waals surface area contributed by atoms with Crippen molar-refractivity contribution < 1.29 is 43.9 Å². The first kappa shape index (κ1) is 91.2. The third-order valence-corrected chi connectivity index (χ3v) is 19.8. The van der Waals surface area contributed by atoms with Gasteiger partial charge >= 0.3 is 19.6 Å². The van der Waals surface area contributed by atoms with Gasteiger partial charge in [-0.05, 0) is 220 Å². The highest BCUT2D eigenvalue weighted by atomic mass is 35.5. The van der Waals surface area contributed by atoms with Crippen LogP contribution in [0.2, 0.25) is 0 Å². The van der Waals surface area contributed by atoms with Crippen LogP contribution in [0, 0.1) is 13.8 Å². The summed E-state index contributed by atoms with van der Waals surface area (Å²) in [4.78, 5) is 20.4. The molecule has 6 fully saturated rings. The van der Waals surface area contributed by atoms with Crippen LogP contribution in [-0.2, 0) is 0 Å². The quantitative estimate of drug-likeness (QED) is 0.0659. The number of pyridine rings is 1. The maximum Gasteiger partial charge on any atom is 0.334 e. The average Bonchev–Trinajstić information content (AvgIpc) is 1.73. The predicted octanol–water partition coefficient (Wildman–Crippen LogP) is 16.9. The summed E-state index contributed by atoms with van der Waals surface area (Å²) in [7, 11) is 0. The summed E-state index contributed by atoms with van der Waals surface area (Å²) in [5.74, 6) is 2.48. The van der Waals surface area contributed by atoms with E-state index in [0.717, 1.165) is 196 Å². The summed E-state index contributed by atoms with van der Waals surface area (Å²) in [5, 5.41) is 11.3. The van der Waals surface area contributed by atoms with E-state index in [1.54, 1.807) is 26.2 Å². The van der Waals surface area contributed by atoms with Gasteiger partial charge in [0, 0.05) is 95.3 Å². The van der Waals surface area contributed by atoms with E-state index in [-0.39, 0.29) is 110 Å². The highest BCUT2D eigenvalue weighted by Gasteiger charge is 2.29. The number of alkyl halides is 10. The Bertz CT molecular complexity index is 2900. The minimum Gasteiger partial charge on any atom is -0.328 e. The Labute approximate surface area is 604 Å². The van der Waals surface area contributed by atoms with Crippen LogP contribution in [0.5, 0.6) is 0 Å². The van der Waals surface area contributed by atoms with Crippen LogP contribution in [0.25, 0.3) is 0 Å². The number of hydrogen-bond acceptors (Lipinski definition) is 15. The molecule has 0 aliphatic heterocycles. The van der Waals surface area contributed by atoms with E-state index in [9.17, 15) is 43.9 Å². The second-order valence-corrected chi connectivity index (χ2v) is 26.3. The van der Waals surface area contributed by atoms with E-state index in [0.29, 0.717) is 57.9 Å². The van der Waals surface area contributed by atoms with Crippen molar-refractivity contribution in [2.75, 3.05) is 0 Å². The molecule has 0 unspecified atom stereocenters. The molecule has 6 aliphatic rings. The maximum atomic E-state index is 12.6. The van der Waals surface area contributed by atoms with Crippen LogP contribution in [0.15, 0.2) is 61.7 Å². The van der Waals surface area contributed by atoms with Gasteiger partial charge in [-0.2, -0.15) is 46.3 Å². The molecule has 0 amide bonds. The largest absolute Gasteiger partial charge is 0.334 e. The zero-order valence-electron chi connectivity index (χ0n) is 54.6. The molecule has 0 saturated heterocycles. The van der Waals surface area contributed by atoms with Crippen molar-refractivity contribution >= 4 is 85.8 Å². The molecule has 0 bridgehead atoms. The fourth-order valence-corrected chi connectivity index (χ4v) is 13.9. The van der Waals surface area contributed by atoms with Crippen molar-refractivity contribution in [3.63, 3.8) is 0 Å². The number of nitrogens with zero attached hydrogens (tertiary/aromatic N) is 11.